The van der Waals surface area contributed by atoms with Crippen LogP contribution in [0.3, 0.4) is 0 Å². The van der Waals surface area contributed by atoms with Crippen LogP contribution in [0.25, 0.3) is 0 Å². The highest BCUT2D eigenvalue weighted by molar-refractivity contribution is 5.69. The number of methoxy groups -OCH3 is 1. The van der Waals surface area contributed by atoms with Crippen molar-refractivity contribution in [3.63, 3.8) is 0 Å². The molecule has 1 aliphatic rings. The van der Waals surface area contributed by atoms with Crippen molar-refractivity contribution in [2.24, 2.45) is 5.92 Å². The molecule has 1 fully saturated rings. The number of carbonyl (C=O) groups excluding carboxylic acids is 1. The van der Waals surface area contributed by atoms with Gasteiger partial charge in [0.05, 0.1) is 7.11 Å². The third-order valence-electron chi connectivity index (χ3n) is 3.81. The zero-order valence-corrected chi connectivity index (χ0v) is 10.7. The second-order valence-electron chi connectivity index (χ2n) is 5.06. The molecule has 0 aromatic heterocycles. The molecule has 18 heavy (non-hydrogen) atoms. The van der Waals surface area contributed by atoms with Crippen LogP contribution in [0.5, 0.6) is 0 Å². The zero-order valence-electron chi connectivity index (χ0n) is 10.7. The normalized spacial score (nSPS) is 23.7. The number of ether oxygens (including phenoxy) is 1. The Kier molecular flexibility index (Phi) is 4.34. The van der Waals surface area contributed by atoms with Crippen molar-refractivity contribution >= 4 is 5.97 Å². The topological polar surface area (TPSA) is 26.3 Å². The lowest BCUT2D eigenvalue weighted by Gasteiger charge is -2.28. The van der Waals surface area contributed by atoms with E-state index in [1.54, 1.807) is 0 Å². The summed E-state index contributed by atoms with van der Waals surface area (Å²) in [5.41, 5.74) is 1.19. The Labute approximate surface area is 107 Å². The average Bonchev–Trinajstić information content (AvgIpc) is 2.40. The first kappa shape index (κ1) is 13.1. The van der Waals surface area contributed by atoms with Gasteiger partial charge in [0.15, 0.2) is 0 Å². The maximum atomic E-state index is 12.9. The molecule has 0 bridgehead atoms. The monoisotopic (exact) mass is 250 g/mol. The van der Waals surface area contributed by atoms with Gasteiger partial charge in [-0.2, -0.15) is 0 Å². The molecule has 98 valence electrons. The second kappa shape index (κ2) is 5.98. The average molecular weight is 250 g/mol. The Hall–Kier alpha value is -1.38. The highest BCUT2D eigenvalue weighted by atomic mass is 19.1. The molecule has 1 saturated carbocycles. The van der Waals surface area contributed by atoms with Gasteiger partial charge in [0.2, 0.25) is 0 Å². The van der Waals surface area contributed by atoms with E-state index >= 15 is 0 Å². The van der Waals surface area contributed by atoms with E-state index in [2.05, 4.69) is 0 Å². The Morgan fingerprint density at radius 1 is 1.33 bits per heavy atom. The molecule has 2 nitrogen and oxygen atoms in total. The third kappa shape index (κ3) is 3.31. The van der Waals surface area contributed by atoms with E-state index in [0.717, 1.165) is 25.7 Å². The minimum Gasteiger partial charge on any atom is -0.469 e. The van der Waals surface area contributed by atoms with E-state index in [-0.39, 0.29) is 11.8 Å². The summed E-state index contributed by atoms with van der Waals surface area (Å²) in [6.07, 6.45) is 4.86. The fourth-order valence-electron chi connectivity index (χ4n) is 2.83. The van der Waals surface area contributed by atoms with Crippen LogP contribution in [0.15, 0.2) is 24.3 Å². The molecular formula is C15H19FO2. The maximum absolute atomic E-state index is 12.9. The third-order valence-corrected chi connectivity index (χ3v) is 3.81. The van der Waals surface area contributed by atoms with E-state index in [9.17, 15) is 9.18 Å². The molecule has 0 spiro atoms. The summed E-state index contributed by atoms with van der Waals surface area (Å²) in [5, 5.41) is 0. The molecule has 2 unspecified atom stereocenters. The summed E-state index contributed by atoms with van der Waals surface area (Å²) in [4.78, 5) is 11.3. The van der Waals surface area contributed by atoms with Crippen molar-refractivity contribution < 1.29 is 13.9 Å². The molecule has 0 radical (unpaired) electrons. The number of hydrogen-bond acceptors (Lipinski definition) is 2. The van der Waals surface area contributed by atoms with Crippen LogP contribution >= 0.6 is 0 Å². The second-order valence-corrected chi connectivity index (χ2v) is 5.06. The van der Waals surface area contributed by atoms with Gasteiger partial charge in [-0.05, 0) is 48.8 Å². The van der Waals surface area contributed by atoms with Gasteiger partial charge in [-0.25, -0.2) is 4.39 Å². The van der Waals surface area contributed by atoms with E-state index < -0.39 is 0 Å². The van der Waals surface area contributed by atoms with Crippen molar-refractivity contribution in [1.29, 1.82) is 0 Å². The highest BCUT2D eigenvalue weighted by Crippen LogP contribution is 2.37. The first-order valence-corrected chi connectivity index (χ1v) is 6.51. The number of carbonyl (C=O) groups is 1. The van der Waals surface area contributed by atoms with Crippen molar-refractivity contribution in [1.82, 2.24) is 0 Å². The molecular weight excluding hydrogens is 231 g/mol. The van der Waals surface area contributed by atoms with Crippen LogP contribution in [0, 0.1) is 11.7 Å². The summed E-state index contributed by atoms with van der Waals surface area (Å²) < 4.78 is 17.6. The molecule has 2 atom stereocenters. The van der Waals surface area contributed by atoms with Crippen molar-refractivity contribution in [3.05, 3.63) is 35.6 Å². The summed E-state index contributed by atoms with van der Waals surface area (Å²) in [6, 6.07) is 6.75. The molecule has 1 aliphatic carbocycles. The predicted octanol–water partition coefficient (Wildman–Crippen LogP) is 3.66. The molecule has 0 heterocycles. The molecule has 0 N–H and O–H groups in total. The lowest BCUT2D eigenvalue weighted by molar-refractivity contribution is -0.142. The fourth-order valence-corrected chi connectivity index (χ4v) is 2.83. The van der Waals surface area contributed by atoms with Crippen LogP contribution in [-0.4, -0.2) is 13.1 Å². The number of rotatable bonds is 3. The zero-order chi connectivity index (χ0) is 13.0. The van der Waals surface area contributed by atoms with Gasteiger partial charge in [-0.15, -0.1) is 0 Å². The van der Waals surface area contributed by atoms with Crippen LogP contribution < -0.4 is 0 Å². The maximum Gasteiger partial charge on any atom is 0.305 e. The van der Waals surface area contributed by atoms with Gasteiger partial charge in [-0.1, -0.05) is 18.6 Å². The van der Waals surface area contributed by atoms with Gasteiger partial charge in [0, 0.05) is 6.42 Å². The Balaban J connectivity index is 1.98. The number of esters is 1. The van der Waals surface area contributed by atoms with Crippen LogP contribution in [-0.2, 0) is 9.53 Å². The smallest absolute Gasteiger partial charge is 0.305 e. The lowest BCUT2D eigenvalue weighted by Crippen LogP contribution is -2.18. The molecule has 2 rings (SSSR count). The highest BCUT2D eigenvalue weighted by Gasteiger charge is 2.25. The first-order chi connectivity index (χ1) is 8.69. The van der Waals surface area contributed by atoms with Crippen molar-refractivity contribution in [2.45, 2.75) is 38.0 Å². The van der Waals surface area contributed by atoms with Crippen molar-refractivity contribution in [3.8, 4) is 0 Å². The first-order valence-electron chi connectivity index (χ1n) is 6.51. The van der Waals surface area contributed by atoms with Crippen LogP contribution in [0.2, 0.25) is 0 Å². The van der Waals surface area contributed by atoms with E-state index in [1.165, 1.54) is 24.8 Å². The Bertz CT molecular complexity index is 399. The fraction of sp³-hybridized carbons (Fsp3) is 0.533. The van der Waals surface area contributed by atoms with E-state index in [0.29, 0.717) is 18.3 Å². The van der Waals surface area contributed by atoms with Gasteiger partial charge in [0.25, 0.3) is 0 Å². The van der Waals surface area contributed by atoms with E-state index in [1.807, 2.05) is 12.1 Å². The number of halogens is 1. The molecule has 0 aliphatic heterocycles. The molecule has 1 aromatic carbocycles. The summed E-state index contributed by atoms with van der Waals surface area (Å²) in [5.74, 6) is 0.538. The van der Waals surface area contributed by atoms with Crippen molar-refractivity contribution in [2.75, 3.05) is 7.11 Å². The predicted molar refractivity (Wildman–Crippen MR) is 67.7 cm³/mol. The molecule has 0 saturated heterocycles. The molecule has 1 aromatic rings. The van der Waals surface area contributed by atoms with Gasteiger partial charge < -0.3 is 4.74 Å². The van der Waals surface area contributed by atoms with Crippen LogP contribution in [0.1, 0.15) is 43.6 Å². The minimum absolute atomic E-state index is 0.125. The van der Waals surface area contributed by atoms with Gasteiger partial charge >= 0.3 is 5.97 Å². The molecule has 3 heteroatoms. The SMILES string of the molecule is COC(=O)CC1CCCC(c2ccc(F)cc2)C1. The van der Waals surface area contributed by atoms with Crippen LogP contribution in [0.4, 0.5) is 4.39 Å². The minimum atomic E-state index is -0.194. The van der Waals surface area contributed by atoms with Gasteiger partial charge in [0.1, 0.15) is 5.82 Å². The standard InChI is InChI=1S/C15H19FO2/c1-18-15(17)10-11-3-2-4-13(9-11)12-5-7-14(16)8-6-12/h5-8,11,13H,2-4,9-10H2,1H3. The quantitative estimate of drug-likeness (QED) is 0.765. The summed E-state index contributed by atoms with van der Waals surface area (Å²) >= 11 is 0. The largest absolute Gasteiger partial charge is 0.469 e. The van der Waals surface area contributed by atoms with Gasteiger partial charge in [-0.3, -0.25) is 4.79 Å². The Morgan fingerprint density at radius 3 is 2.72 bits per heavy atom. The summed E-state index contributed by atoms with van der Waals surface area (Å²) in [7, 11) is 1.43. The Morgan fingerprint density at radius 2 is 2.06 bits per heavy atom. The molecule has 0 amide bonds. The lowest BCUT2D eigenvalue weighted by atomic mass is 9.77. The number of benzene rings is 1. The summed E-state index contributed by atoms with van der Waals surface area (Å²) in [6.45, 7) is 0. The van der Waals surface area contributed by atoms with E-state index in [4.69, 9.17) is 4.74 Å². The number of hydrogen-bond donors (Lipinski definition) is 0.